The molecule has 0 aromatic carbocycles. The highest BCUT2D eigenvalue weighted by molar-refractivity contribution is 5.75. The quantitative estimate of drug-likeness (QED) is 0.503. The van der Waals surface area contributed by atoms with Crippen molar-refractivity contribution in [3.63, 3.8) is 0 Å². The predicted octanol–water partition coefficient (Wildman–Crippen LogP) is 0.604. The van der Waals surface area contributed by atoms with E-state index in [1.807, 2.05) is 0 Å². The predicted molar refractivity (Wildman–Crippen MR) is 44.5 cm³/mol. The Bertz CT molecular complexity index is 246. The molecule has 4 heteroatoms. The zero-order valence-electron chi connectivity index (χ0n) is 7.62. The van der Waals surface area contributed by atoms with Crippen LogP contribution >= 0.6 is 0 Å². The first-order valence-electron chi connectivity index (χ1n) is 4.44. The molecule has 72 valence electrons. The Balaban J connectivity index is 2.70. The van der Waals surface area contributed by atoms with E-state index in [9.17, 15) is 9.90 Å². The number of esters is 1. The molecular formula is C9H13NO3. The summed E-state index contributed by atoms with van der Waals surface area (Å²) in [6.07, 6.45) is 1.61. The largest absolute Gasteiger partial charge is 0.466 e. The van der Waals surface area contributed by atoms with Crippen LogP contribution < -0.4 is 0 Å². The maximum Gasteiger partial charge on any atom is 0.312 e. The fraction of sp³-hybridized carbons (Fsp3) is 0.778. The van der Waals surface area contributed by atoms with Gasteiger partial charge in [0.15, 0.2) is 5.60 Å². The van der Waals surface area contributed by atoms with Crippen LogP contribution in [0.25, 0.3) is 0 Å². The summed E-state index contributed by atoms with van der Waals surface area (Å²) < 4.78 is 4.77. The van der Waals surface area contributed by atoms with E-state index < -0.39 is 17.5 Å². The van der Waals surface area contributed by atoms with E-state index in [1.165, 1.54) is 0 Å². The summed E-state index contributed by atoms with van der Waals surface area (Å²) in [4.78, 5) is 11.3. The highest BCUT2D eigenvalue weighted by Gasteiger charge is 2.46. The van der Waals surface area contributed by atoms with Crippen LogP contribution in [0.2, 0.25) is 0 Å². The van der Waals surface area contributed by atoms with Crippen molar-refractivity contribution in [2.45, 2.75) is 31.8 Å². The van der Waals surface area contributed by atoms with Crippen molar-refractivity contribution in [1.82, 2.24) is 0 Å². The third-order valence-corrected chi connectivity index (χ3v) is 2.39. The first-order chi connectivity index (χ1) is 6.14. The van der Waals surface area contributed by atoms with E-state index in [0.29, 0.717) is 19.3 Å². The molecule has 1 fully saturated rings. The van der Waals surface area contributed by atoms with Crippen molar-refractivity contribution in [2.24, 2.45) is 5.92 Å². The minimum absolute atomic E-state index is 0.289. The van der Waals surface area contributed by atoms with Gasteiger partial charge in [0.1, 0.15) is 0 Å². The average molecular weight is 183 g/mol. The standard InChI is InChI=1S/C9H13NO3/c1-2-13-8(11)7-4-3-5-9(7,12)6-10/h7,12H,2-5H2,1H3/t7-,9-/m0/s1. The third-order valence-electron chi connectivity index (χ3n) is 2.39. The molecule has 0 heterocycles. The first kappa shape index (κ1) is 10.0. The topological polar surface area (TPSA) is 70.3 Å². The zero-order chi connectivity index (χ0) is 9.90. The maximum atomic E-state index is 11.3. The Labute approximate surface area is 77.1 Å². The Morgan fingerprint density at radius 3 is 3.08 bits per heavy atom. The summed E-state index contributed by atoms with van der Waals surface area (Å²) in [5.74, 6) is -1.11. The molecule has 1 aliphatic carbocycles. The number of carbonyl (C=O) groups is 1. The van der Waals surface area contributed by atoms with E-state index in [-0.39, 0.29) is 6.61 Å². The van der Waals surface area contributed by atoms with Gasteiger partial charge >= 0.3 is 5.97 Å². The highest BCUT2D eigenvalue weighted by atomic mass is 16.5. The fourth-order valence-electron chi connectivity index (χ4n) is 1.68. The lowest BCUT2D eigenvalue weighted by Gasteiger charge is -2.20. The fourth-order valence-corrected chi connectivity index (χ4v) is 1.68. The molecule has 0 spiro atoms. The van der Waals surface area contributed by atoms with Gasteiger partial charge in [-0.1, -0.05) is 0 Å². The second-order valence-corrected chi connectivity index (χ2v) is 3.23. The third kappa shape index (κ3) is 1.81. The zero-order valence-corrected chi connectivity index (χ0v) is 7.62. The monoisotopic (exact) mass is 183 g/mol. The van der Waals surface area contributed by atoms with Crippen molar-refractivity contribution in [2.75, 3.05) is 6.61 Å². The number of aliphatic hydroxyl groups is 1. The van der Waals surface area contributed by atoms with Crippen molar-refractivity contribution >= 4 is 5.97 Å². The van der Waals surface area contributed by atoms with Gasteiger partial charge < -0.3 is 9.84 Å². The van der Waals surface area contributed by atoms with Gasteiger partial charge in [-0.15, -0.1) is 0 Å². The number of nitrogens with zero attached hydrogens (tertiary/aromatic N) is 1. The van der Waals surface area contributed by atoms with Crippen LogP contribution in [0.15, 0.2) is 0 Å². The Morgan fingerprint density at radius 1 is 1.85 bits per heavy atom. The SMILES string of the molecule is CCOC(=O)[C@@H]1CCC[C@]1(O)C#N. The molecule has 0 bridgehead atoms. The first-order valence-corrected chi connectivity index (χ1v) is 4.44. The molecule has 0 saturated heterocycles. The van der Waals surface area contributed by atoms with Gasteiger partial charge in [0.05, 0.1) is 18.6 Å². The van der Waals surface area contributed by atoms with Crippen molar-refractivity contribution in [3.05, 3.63) is 0 Å². The highest BCUT2D eigenvalue weighted by Crippen LogP contribution is 2.35. The molecule has 1 saturated carbocycles. The number of rotatable bonds is 2. The van der Waals surface area contributed by atoms with Crippen molar-refractivity contribution in [3.8, 4) is 6.07 Å². The molecule has 4 nitrogen and oxygen atoms in total. The van der Waals surface area contributed by atoms with Crippen LogP contribution in [0.1, 0.15) is 26.2 Å². The van der Waals surface area contributed by atoms with Gasteiger partial charge in [-0.25, -0.2) is 0 Å². The van der Waals surface area contributed by atoms with Crippen LogP contribution in [0.5, 0.6) is 0 Å². The molecule has 0 aromatic heterocycles. The number of hydrogen-bond donors (Lipinski definition) is 1. The summed E-state index contributed by atoms with van der Waals surface area (Å²) >= 11 is 0. The smallest absolute Gasteiger partial charge is 0.312 e. The second-order valence-electron chi connectivity index (χ2n) is 3.23. The van der Waals surface area contributed by atoms with Crippen LogP contribution in [0.3, 0.4) is 0 Å². The van der Waals surface area contributed by atoms with Gasteiger partial charge in [0.25, 0.3) is 0 Å². The van der Waals surface area contributed by atoms with Crippen LogP contribution in [-0.2, 0) is 9.53 Å². The molecule has 1 N–H and O–H groups in total. The summed E-state index contributed by atoms with van der Waals surface area (Å²) in [6, 6.07) is 1.78. The van der Waals surface area contributed by atoms with Crippen molar-refractivity contribution in [1.29, 1.82) is 5.26 Å². The van der Waals surface area contributed by atoms with Crippen LogP contribution in [0.4, 0.5) is 0 Å². The normalized spacial score (nSPS) is 32.5. The van der Waals surface area contributed by atoms with Gasteiger partial charge in [-0.05, 0) is 26.2 Å². The number of ether oxygens (including phenoxy) is 1. The Morgan fingerprint density at radius 2 is 2.54 bits per heavy atom. The van der Waals surface area contributed by atoms with E-state index >= 15 is 0 Å². The van der Waals surface area contributed by atoms with E-state index in [4.69, 9.17) is 10.00 Å². The maximum absolute atomic E-state index is 11.3. The number of carbonyl (C=O) groups excluding carboxylic acids is 1. The lowest BCUT2D eigenvalue weighted by atomic mass is 9.92. The molecule has 1 aliphatic rings. The minimum atomic E-state index is -1.49. The number of nitriles is 1. The Hall–Kier alpha value is -1.08. The molecule has 0 aromatic rings. The van der Waals surface area contributed by atoms with E-state index in [2.05, 4.69) is 0 Å². The van der Waals surface area contributed by atoms with E-state index in [0.717, 1.165) is 0 Å². The molecule has 0 radical (unpaired) electrons. The van der Waals surface area contributed by atoms with Gasteiger partial charge in [-0.3, -0.25) is 4.79 Å². The average Bonchev–Trinajstić information content (AvgIpc) is 2.49. The molecule has 0 aliphatic heterocycles. The van der Waals surface area contributed by atoms with Gasteiger partial charge in [0.2, 0.25) is 0 Å². The summed E-state index contributed by atoms with van der Waals surface area (Å²) in [5.41, 5.74) is -1.49. The molecule has 0 amide bonds. The number of hydrogen-bond acceptors (Lipinski definition) is 4. The molecular weight excluding hydrogens is 170 g/mol. The van der Waals surface area contributed by atoms with Gasteiger partial charge in [0, 0.05) is 0 Å². The second kappa shape index (κ2) is 3.75. The van der Waals surface area contributed by atoms with Crippen molar-refractivity contribution < 1.29 is 14.6 Å². The van der Waals surface area contributed by atoms with Crippen LogP contribution in [0, 0.1) is 17.2 Å². The summed E-state index contributed by atoms with van der Waals surface area (Å²) in [6.45, 7) is 2.00. The summed E-state index contributed by atoms with van der Waals surface area (Å²) in [5, 5.41) is 18.4. The lowest BCUT2D eigenvalue weighted by Crippen LogP contribution is -2.37. The molecule has 0 unspecified atom stereocenters. The molecule has 2 atom stereocenters. The van der Waals surface area contributed by atoms with Gasteiger partial charge in [-0.2, -0.15) is 5.26 Å². The lowest BCUT2D eigenvalue weighted by molar-refractivity contribution is -0.153. The van der Waals surface area contributed by atoms with E-state index in [1.54, 1.807) is 13.0 Å². The minimum Gasteiger partial charge on any atom is -0.466 e. The molecule has 1 rings (SSSR count). The Kier molecular flexibility index (Phi) is 2.89. The molecule has 13 heavy (non-hydrogen) atoms. The summed E-state index contributed by atoms with van der Waals surface area (Å²) in [7, 11) is 0. The van der Waals surface area contributed by atoms with Crippen LogP contribution in [-0.4, -0.2) is 23.3 Å².